The summed E-state index contributed by atoms with van der Waals surface area (Å²) in [6.07, 6.45) is 0.977. The van der Waals surface area contributed by atoms with E-state index < -0.39 is 35.0 Å². The quantitative estimate of drug-likeness (QED) is 0.618. The van der Waals surface area contributed by atoms with Gasteiger partial charge in [-0.15, -0.1) is 0 Å². The van der Waals surface area contributed by atoms with E-state index in [1.54, 1.807) is 6.07 Å². The van der Waals surface area contributed by atoms with E-state index in [0.717, 1.165) is 6.08 Å². The number of benzene rings is 1. The van der Waals surface area contributed by atoms with Gasteiger partial charge in [0.25, 0.3) is 0 Å². The lowest BCUT2D eigenvalue weighted by Gasteiger charge is -2.34. The molecule has 1 aliphatic rings. The highest BCUT2D eigenvalue weighted by molar-refractivity contribution is 6.08. The third-order valence-corrected chi connectivity index (χ3v) is 3.24. The summed E-state index contributed by atoms with van der Waals surface area (Å²) in [4.78, 5) is 33.8. The number of hydrogen-bond acceptors (Lipinski definition) is 4. The SMILES string of the molecule is O=C(O)C1=Cc2ccccc2C(C(=O)O)C1(O)C(=O)O. The molecule has 0 bridgehead atoms. The fourth-order valence-electron chi connectivity index (χ4n) is 2.33. The first kappa shape index (κ1) is 13.8. The molecule has 104 valence electrons. The Morgan fingerprint density at radius 2 is 1.65 bits per heavy atom. The van der Waals surface area contributed by atoms with Crippen molar-refractivity contribution in [1.82, 2.24) is 0 Å². The molecule has 1 aliphatic carbocycles. The van der Waals surface area contributed by atoms with Crippen molar-refractivity contribution in [3.63, 3.8) is 0 Å². The molecule has 0 spiro atoms. The minimum Gasteiger partial charge on any atom is -0.481 e. The van der Waals surface area contributed by atoms with Gasteiger partial charge in [-0.1, -0.05) is 24.3 Å². The second kappa shape index (κ2) is 4.46. The summed E-state index contributed by atoms with van der Waals surface area (Å²) in [7, 11) is 0. The van der Waals surface area contributed by atoms with Crippen LogP contribution in [0.5, 0.6) is 0 Å². The molecule has 7 nitrogen and oxygen atoms in total. The second-order valence-corrected chi connectivity index (χ2v) is 4.33. The lowest BCUT2D eigenvalue weighted by Crippen LogP contribution is -2.52. The number of carbonyl (C=O) groups is 3. The van der Waals surface area contributed by atoms with Gasteiger partial charge < -0.3 is 20.4 Å². The summed E-state index contributed by atoms with van der Waals surface area (Å²) in [5, 5.41) is 37.7. The van der Waals surface area contributed by atoms with Gasteiger partial charge in [-0.25, -0.2) is 9.59 Å². The van der Waals surface area contributed by atoms with E-state index in [0.29, 0.717) is 0 Å². The van der Waals surface area contributed by atoms with Crippen molar-refractivity contribution in [1.29, 1.82) is 0 Å². The average molecular weight is 278 g/mol. The summed E-state index contributed by atoms with van der Waals surface area (Å²) in [5.74, 6) is -7.12. The van der Waals surface area contributed by atoms with Crippen molar-refractivity contribution >= 4 is 24.0 Å². The van der Waals surface area contributed by atoms with Gasteiger partial charge in [-0.05, 0) is 17.2 Å². The molecule has 7 heteroatoms. The van der Waals surface area contributed by atoms with Crippen molar-refractivity contribution in [3.05, 3.63) is 41.0 Å². The predicted octanol–water partition coefficient (Wildman–Crippen LogP) is 0.152. The number of aliphatic carboxylic acids is 3. The number of carboxylic acid groups (broad SMARTS) is 3. The molecule has 0 fully saturated rings. The Hall–Kier alpha value is -2.67. The van der Waals surface area contributed by atoms with Crippen LogP contribution in [0.25, 0.3) is 6.08 Å². The van der Waals surface area contributed by atoms with Crippen LogP contribution in [0.3, 0.4) is 0 Å². The fraction of sp³-hybridized carbons (Fsp3) is 0.154. The summed E-state index contributed by atoms with van der Waals surface area (Å²) < 4.78 is 0. The van der Waals surface area contributed by atoms with Gasteiger partial charge in [0.1, 0.15) is 5.92 Å². The molecule has 1 aromatic rings. The molecule has 2 rings (SSSR count). The molecule has 2 unspecified atom stereocenters. The van der Waals surface area contributed by atoms with E-state index in [9.17, 15) is 24.6 Å². The first-order chi connectivity index (χ1) is 9.30. The van der Waals surface area contributed by atoms with E-state index in [-0.39, 0.29) is 11.1 Å². The Kier molecular flexibility index (Phi) is 3.07. The van der Waals surface area contributed by atoms with Crippen LogP contribution in [0, 0.1) is 0 Å². The molecule has 0 saturated heterocycles. The van der Waals surface area contributed by atoms with Gasteiger partial charge in [-0.2, -0.15) is 0 Å². The number of fused-ring (bicyclic) bond motifs is 1. The Labute approximate surface area is 112 Å². The molecule has 20 heavy (non-hydrogen) atoms. The van der Waals surface area contributed by atoms with Crippen LogP contribution in [0.2, 0.25) is 0 Å². The third kappa shape index (κ3) is 1.76. The first-order valence-corrected chi connectivity index (χ1v) is 5.53. The van der Waals surface area contributed by atoms with Gasteiger partial charge in [0.2, 0.25) is 5.60 Å². The third-order valence-electron chi connectivity index (χ3n) is 3.24. The van der Waals surface area contributed by atoms with Crippen LogP contribution < -0.4 is 0 Å². The molecule has 0 amide bonds. The van der Waals surface area contributed by atoms with Crippen LogP contribution in [-0.2, 0) is 14.4 Å². The number of aliphatic hydroxyl groups is 1. The van der Waals surface area contributed by atoms with Crippen LogP contribution in [0.1, 0.15) is 17.0 Å². The summed E-state index contributed by atoms with van der Waals surface area (Å²) in [5.41, 5.74) is -3.60. The zero-order valence-corrected chi connectivity index (χ0v) is 9.98. The van der Waals surface area contributed by atoms with Crippen molar-refractivity contribution < 1.29 is 34.8 Å². The van der Waals surface area contributed by atoms with Crippen LogP contribution in [0.4, 0.5) is 0 Å². The second-order valence-electron chi connectivity index (χ2n) is 4.33. The highest BCUT2D eigenvalue weighted by Gasteiger charge is 2.56. The zero-order valence-electron chi connectivity index (χ0n) is 9.98. The Morgan fingerprint density at radius 1 is 1.05 bits per heavy atom. The maximum atomic E-state index is 11.4. The number of hydrogen-bond donors (Lipinski definition) is 4. The monoisotopic (exact) mass is 278 g/mol. The van der Waals surface area contributed by atoms with E-state index in [4.69, 9.17) is 10.2 Å². The van der Waals surface area contributed by atoms with Crippen molar-refractivity contribution in [2.75, 3.05) is 0 Å². The lowest BCUT2D eigenvalue weighted by atomic mass is 9.71. The zero-order chi connectivity index (χ0) is 15.1. The van der Waals surface area contributed by atoms with Crippen LogP contribution >= 0.6 is 0 Å². The normalized spacial score (nSPS) is 24.4. The van der Waals surface area contributed by atoms with Gasteiger partial charge in [0.15, 0.2) is 0 Å². The number of rotatable bonds is 3. The first-order valence-electron chi connectivity index (χ1n) is 5.53. The standard InChI is InChI=1S/C13H10O7/c14-10(15)8-5-6-3-1-2-4-7(6)9(11(16)17)13(8,20)12(18)19/h1-5,9,20H,(H,14,15)(H,16,17)(H,18,19). The topological polar surface area (TPSA) is 132 Å². The molecular formula is C13H10O7. The van der Waals surface area contributed by atoms with Gasteiger partial charge in [-0.3, -0.25) is 4.79 Å². The maximum absolute atomic E-state index is 11.4. The van der Waals surface area contributed by atoms with Crippen molar-refractivity contribution in [3.8, 4) is 0 Å². The molecule has 0 aliphatic heterocycles. The van der Waals surface area contributed by atoms with Gasteiger partial charge in [0.05, 0.1) is 5.57 Å². The minimum absolute atomic E-state index is 0.0508. The molecule has 0 radical (unpaired) electrons. The van der Waals surface area contributed by atoms with Gasteiger partial charge >= 0.3 is 17.9 Å². The molecule has 0 heterocycles. The van der Waals surface area contributed by atoms with Crippen LogP contribution in [0.15, 0.2) is 29.8 Å². The average Bonchev–Trinajstić information content (AvgIpc) is 2.36. The molecular weight excluding hydrogens is 268 g/mol. The molecule has 2 atom stereocenters. The summed E-state index contributed by atoms with van der Waals surface area (Å²) in [6.45, 7) is 0. The Balaban J connectivity index is 2.82. The van der Waals surface area contributed by atoms with Crippen molar-refractivity contribution in [2.24, 2.45) is 0 Å². The smallest absolute Gasteiger partial charge is 0.341 e. The summed E-state index contributed by atoms with van der Waals surface area (Å²) >= 11 is 0. The largest absolute Gasteiger partial charge is 0.481 e. The predicted molar refractivity (Wildman–Crippen MR) is 65.0 cm³/mol. The van der Waals surface area contributed by atoms with E-state index >= 15 is 0 Å². The Morgan fingerprint density at radius 3 is 2.15 bits per heavy atom. The molecule has 0 aromatic heterocycles. The van der Waals surface area contributed by atoms with Crippen LogP contribution in [-0.4, -0.2) is 43.9 Å². The van der Waals surface area contributed by atoms with E-state index in [2.05, 4.69) is 0 Å². The minimum atomic E-state index is -3.02. The molecule has 0 saturated carbocycles. The van der Waals surface area contributed by atoms with E-state index in [1.807, 2.05) is 0 Å². The molecule has 1 aromatic carbocycles. The summed E-state index contributed by atoms with van der Waals surface area (Å²) in [6, 6.07) is 5.84. The lowest BCUT2D eigenvalue weighted by molar-refractivity contribution is -0.166. The fourth-order valence-corrected chi connectivity index (χ4v) is 2.33. The highest BCUT2D eigenvalue weighted by Crippen LogP contribution is 2.42. The van der Waals surface area contributed by atoms with Crippen molar-refractivity contribution in [2.45, 2.75) is 11.5 Å². The number of carboxylic acids is 3. The molecule has 4 N–H and O–H groups in total. The van der Waals surface area contributed by atoms with Gasteiger partial charge in [0, 0.05) is 0 Å². The Bertz CT molecular complexity index is 646. The maximum Gasteiger partial charge on any atom is 0.341 e. The van der Waals surface area contributed by atoms with E-state index in [1.165, 1.54) is 18.2 Å². The highest BCUT2D eigenvalue weighted by atomic mass is 16.4.